The Morgan fingerprint density at radius 3 is 1.72 bits per heavy atom. The van der Waals surface area contributed by atoms with Gasteiger partial charge in [-0.3, -0.25) is 19.4 Å². The number of methoxy groups -OCH3 is 1. The third-order valence-electron chi connectivity index (χ3n) is 12.0. The molecular weight excluding hydrogens is 739 g/mol. The van der Waals surface area contributed by atoms with Crippen LogP contribution in [0.1, 0.15) is 94.3 Å². The van der Waals surface area contributed by atoms with Gasteiger partial charge < -0.3 is 34.9 Å². The average molecular weight is 794 g/mol. The lowest BCUT2D eigenvalue weighted by Gasteiger charge is -2.33. The summed E-state index contributed by atoms with van der Waals surface area (Å²) in [7, 11) is 6.90. The number of ether oxygens (including phenoxy) is 1. The number of hydrogen-bond acceptors (Lipinski definition) is 8. The van der Waals surface area contributed by atoms with E-state index in [1.54, 1.807) is 4.90 Å². The van der Waals surface area contributed by atoms with E-state index >= 15 is 0 Å². The molecule has 7 rings (SSSR count). The van der Waals surface area contributed by atoms with Crippen molar-refractivity contribution in [2.45, 2.75) is 83.6 Å². The molecule has 15 heteroatoms. The van der Waals surface area contributed by atoms with Gasteiger partial charge in [0.05, 0.1) is 49.0 Å². The summed E-state index contributed by atoms with van der Waals surface area (Å²) in [6.45, 7) is 8.67. The van der Waals surface area contributed by atoms with E-state index in [-0.39, 0.29) is 41.8 Å². The standard InChI is InChI=1S/C43H55N9O6/c1-23(2)35(48-42(55)58-8)40(53)51-17-9-11-33(51)38-44-21-31(46-38)25-13-15-27-28-16-14-26(20-30(28)37(49(5)6)29(27)19-25)32-22-45-39(47-32)34-12-10-18-52(34)41(54)36(24(3)4)50(7)43(56)57/h13-16,19-24,33-37H,9-12,17-18H2,1-8H3,(H,44,46)(H,45,47)(H,48,55)(H,56,57)/t33-,34-,35-,36-,37?/m0/s1. The molecule has 0 saturated carbocycles. The summed E-state index contributed by atoms with van der Waals surface area (Å²) in [5.41, 5.74) is 8.34. The Labute approximate surface area is 339 Å². The molecule has 15 nitrogen and oxygen atoms in total. The summed E-state index contributed by atoms with van der Waals surface area (Å²) in [4.78, 5) is 74.8. The second-order valence-electron chi connectivity index (χ2n) is 16.7. The Morgan fingerprint density at radius 2 is 1.29 bits per heavy atom. The minimum absolute atomic E-state index is 0.0185. The van der Waals surface area contributed by atoms with Crippen molar-refractivity contribution in [3.05, 3.63) is 71.6 Å². The van der Waals surface area contributed by atoms with E-state index in [0.717, 1.165) is 70.0 Å². The van der Waals surface area contributed by atoms with Gasteiger partial charge in [0, 0.05) is 20.1 Å². The molecule has 4 aromatic rings. The number of aromatic amines is 2. The van der Waals surface area contributed by atoms with E-state index < -0.39 is 24.3 Å². The fourth-order valence-electron chi connectivity index (χ4n) is 9.13. The Kier molecular flexibility index (Phi) is 11.4. The summed E-state index contributed by atoms with van der Waals surface area (Å²) >= 11 is 0. The molecule has 4 amide bonds. The first kappa shape index (κ1) is 40.5. The van der Waals surface area contributed by atoms with Crippen LogP contribution in [0.15, 0.2) is 48.8 Å². The van der Waals surface area contributed by atoms with Crippen LogP contribution in [-0.2, 0) is 14.3 Å². The minimum atomic E-state index is -1.13. The number of fused-ring (bicyclic) bond motifs is 3. The largest absolute Gasteiger partial charge is 0.465 e. The van der Waals surface area contributed by atoms with Crippen LogP contribution in [0.25, 0.3) is 33.6 Å². The molecule has 0 bridgehead atoms. The molecule has 0 radical (unpaired) electrons. The van der Waals surface area contributed by atoms with Crippen LogP contribution in [0, 0.1) is 11.8 Å². The first-order chi connectivity index (χ1) is 27.7. The van der Waals surface area contributed by atoms with Crippen molar-refractivity contribution in [1.29, 1.82) is 0 Å². The molecule has 1 unspecified atom stereocenters. The molecule has 2 aliphatic heterocycles. The van der Waals surface area contributed by atoms with Gasteiger partial charge in [0.25, 0.3) is 0 Å². The van der Waals surface area contributed by atoms with E-state index in [2.05, 4.69) is 70.7 Å². The average Bonchev–Trinajstić information content (AvgIpc) is 4.04. The molecule has 2 aromatic heterocycles. The lowest BCUT2D eigenvalue weighted by molar-refractivity contribution is -0.138. The van der Waals surface area contributed by atoms with Crippen LogP contribution >= 0.6 is 0 Å². The fourth-order valence-corrected chi connectivity index (χ4v) is 9.13. The predicted molar refractivity (Wildman–Crippen MR) is 219 cm³/mol. The number of likely N-dealkylation sites (N-methyl/N-ethyl adjacent to an activating group) is 1. The number of nitrogens with one attached hydrogen (secondary N) is 3. The molecule has 5 atom stereocenters. The van der Waals surface area contributed by atoms with E-state index in [0.29, 0.717) is 18.9 Å². The highest BCUT2D eigenvalue weighted by Gasteiger charge is 2.41. The Balaban J connectivity index is 1.11. The van der Waals surface area contributed by atoms with Crippen LogP contribution in [-0.4, -0.2) is 122 Å². The summed E-state index contributed by atoms with van der Waals surface area (Å²) in [5.74, 6) is 0.766. The third kappa shape index (κ3) is 7.43. The minimum Gasteiger partial charge on any atom is -0.465 e. The van der Waals surface area contributed by atoms with Crippen molar-refractivity contribution >= 4 is 24.0 Å². The number of alkyl carbamates (subject to hydrolysis) is 1. The smallest absolute Gasteiger partial charge is 0.407 e. The molecule has 308 valence electrons. The van der Waals surface area contributed by atoms with Gasteiger partial charge in [0.1, 0.15) is 23.7 Å². The molecule has 4 N–H and O–H groups in total. The summed E-state index contributed by atoms with van der Waals surface area (Å²) in [6.07, 6.45) is 5.05. The number of benzene rings is 2. The van der Waals surface area contributed by atoms with Gasteiger partial charge in [-0.15, -0.1) is 0 Å². The number of carbonyl (C=O) groups excluding carboxylic acids is 3. The highest BCUT2D eigenvalue weighted by molar-refractivity contribution is 5.87. The Morgan fingerprint density at radius 1 is 0.793 bits per heavy atom. The second kappa shape index (κ2) is 16.3. The van der Waals surface area contributed by atoms with Crippen LogP contribution in [0.5, 0.6) is 0 Å². The van der Waals surface area contributed by atoms with Crippen LogP contribution in [0.3, 0.4) is 0 Å². The van der Waals surface area contributed by atoms with Gasteiger partial charge in [-0.1, -0.05) is 52.0 Å². The zero-order valence-electron chi connectivity index (χ0n) is 34.6. The maximum Gasteiger partial charge on any atom is 0.407 e. The number of aromatic nitrogens is 4. The monoisotopic (exact) mass is 793 g/mol. The predicted octanol–water partition coefficient (Wildman–Crippen LogP) is 6.44. The SMILES string of the molecule is COC(=O)N[C@H](C(=O)N1CCC[C@H]1c1ncc(-c2ccc3c(c2)C(N(C)C)c2cc(-c4cnc([C@@H]5CCCN5C(=O)[C@H](C(C)C)N(C)C(=O)O)[nH]4)ccc2-3)[nH]1)C(C)C. The third-order valence-corrected chi connectivity index (χ3v) is 12.0. The highest BCUT2D eigenvalue weighted by Crippen LogP contribution is 2.48. The zero-order valence-corrected chi connectivity index (χ0v) is 34.6. The van der Waals surface area contributed by atoms with Crippen molar-refractivity contribution in [3.63, 3.8) is 0 Å². The zero-order chi connectivity index (χ0) is 41.6. The number of nitrogens with zero attached hydrogens (tertiary/aromatic N) is 6. The number of imidazole rings is 2. The number of carboxylic acid groups (broad SMARTS) is 1. The molecular formula is C43H55N9O6. The first-order valence-corrected chi connectivity index (χ1v) is 20.2. The summed E-state index contributed by atoms with van der Waals surface area (Å²) < 4.78 is 4.79. The topological polar surface area (TPSA) is 180 Å². The molecule has 3 aliphatic rings. The lowest BCUT2D eigenvalue weighted by atomic mass is 10.00. The molecule has 2 saturated heterocycles. The van der Waals surface area contributed by atoms with Crippen LogP contribution in [0.4, 0.5) is 9.59 Å². The van der Waals surface area contributed by atoms with Gasteiger partial charge in [0.2, 0.25) is 11.8 Å². The maximum atomic E-state index is 13.8. The number of H-pyrrole nitrogens is 2. The van der Waals surface area contributed by atoms with Gasteiger partial charge in [0.15, 0.2) is 0 Å². The lowest BCUT2D eigenvalue weighted by Crippen LogP contribution is -2.51. The van der Waals surface area contributed by atoms with E-state index in [4.69, 9.17) is 14.7 Å². The number of rotatable bonds is 11. The molecule has 1 aliphatic carbocycles. The maximum absolute atomic E-state index is 13.8. The molecule has 4 heterocycles. The number of hydrogen-bond donors (Lipinski definition) is 4. The quantitative estimate of drug-likeness (QED) is 0.133. The van der Waals surface area contributed by atoms with Crippen molar-refractivity contribution in [2.24, 2.45) is 11.8 Å². The van der Waals surface area contributed by atoms with Crippen molar-refractivity contribution in [2.75, 3.05) is 41.3 Å². The summed E-state index contributed by atoms with van der Waals surface area (Å²) in [5, 5.41) is 12.4. The Bertz CT molecular complexity index is 2190. The van der Waals surface area contributed by atoms with Gasteiger partial charge in [-0.25, -0.2) is 19.6 Å². The molecule has 2 aromatic carbocycles. The van der Waals surface area contributed by atoms with Crippen LogP contribution in [0.2, 0.25) is 0 Å². The van der Waals surface area contributed by atoms with Gasteiger partial charge in [-0.05, 0) is 97.1 Å². The van der Waals surface area contributed by atoms with Crippen molar-refractivity contribution < 1.29 is 29.0 Å². The molecule has 2 fully saturated rings. The van der Waals surface area contributed by atoms with Crippen molar-refractivity contribution in [1.82, 2.24) is 44.9 Å². The van der Waals surface area contributed by atoms with Gasteiger partial charge in [-0.2, -0.15) is 0 Å². The number of amides is 4. The number of likely N-dealkylation sites (tertiary alicyclic amines) is 2. The molecule has 58 heavy (non-hydrogen) atoms. The number of carbonyl (C=O) groups is 4. The second-order valence-corrected chi connectivity index (χ2v) is 16.7. The first-order valence-electron chi connectivity index (χ1n) is 20.2. The summed E-state index contributed by atoms with van der Waals surface area (Å²) in [6, 6.07) is 11.0. The van der Waals surface area contributed by atoms with Gasteiger partial charge >= 0.3 is 12.2 Å². The fraction of sp³-hybridized carbons (Fsp3) is 0.488. The van der Waals surface area contributed by atoms with Crippen LogP contribution < -0.4 is 5.32 Å². The van der Waals surface area contributed by atoms with E-state index in [1.807, 2.05) is 45.0 Å². The van der Waals surface area contributed by atoms with Crippen molar-refractivity contribution in [3.8, 4) is 33.6 Å². The highest BCUT2D eigenvalue weighted by atomic mass is 16.5. The Hall–Kier alpha value is -5.70. The van der Waals surface area contributed by atoms with E-state index in [1.165, 1.54) is 25.3 Å². The molecule has 0 spiro atoms. The van der Waals surface area contributed by atoms with E-state index in [9.17, 15) is 24.3 Å². The normalized spacial score (nSPS) is 19.7.